The number of aryl methyl sites for hydroxylation is 2. The molecule has 0 spiro atoms. The minimum absolute atomic E-state index is 0.172. The van der Waals surface area contributed by atoms with E-state index in [2.05, 4.69) is 41.3 Å². The van der Waals surface area contributed by atoms with Crippen molar-refractivity contribution < 1.29 is 4.74 Å². The first kappa shape index (κ1) is 17.3. The van der Waals surface area contributed by atoms with E-state index in [1.54, 1.807) is 15.5 Å². The number of benzene rings is 1. The summed E-state index contributed by atoms with van der Waals surface area (Å²) in [6.07, 6.45) is 5.46. The molecular weight excluding hydrogens is 448 g/mol. The van der Waals surface area contributed by atoms with Gasteiger partial charge in [0.25, 0.3) is 0 Å². The van der Waals surface area contributed by atoms with Crippen LogP contribution < -0.4 is 4.74 Å². The van der Waals surface area contributed by atoms with Crippen LogP contribution >= 0.6 is 15.9 Å². The minimum Gasteiger partial charge on any atom is -0.418 e. The topological polar surface area (TPSA) is 98.8 Å². The molecular formula is C20H15BrN8O. The summed E-state index contributed by atoms with van der Waals surface area (Å²) in [5.74, 6) is 1.45. The van der Waals surface area contributed by atoms with Crippen LogP contribution in [0.15, 0.2) is 47.5 Å². The van der Waals surface area contributed by atoms with Crippen LogP contribution in [0.4, 0.5) is 0 Å². The van der Waals surface area contributed by atoms with Crippen LogP contribution in [-0.4, -0.2) is 39.6 Å². The predicted octanol–water partition coefficient (Wildman–Crippen LogP) is 3.60. The Morgan fingerprint density at radius 1 is 1.13 bits per heavy atom. The molecule has 10 heteroatoms. The van der Waals surface area contributed by atoms with Crippen LogP contribution in [0.2, 0.25) is 0 Å². The van der Waals surface area contributed by atoms with Crippen molar-refractivity contribution >= 4 is 21.6 Å². The number of nitrogens with one attached hydrogen (secondary N) is 1. The van der Waals surface area contributed by atoms with Crippen LogP contribution in [0.1, 0.15) is 28.3 Å². The van der Waals surface area contributed by atoms with E-state index in [0.717, 1.165) is 32.4 Å². The fourth-order valence-electron chi connectivity index (χ4n) is 3.91. The molecule has 1 aliphatic heterocycles. The molecule has 1 N–H and O–H groups in total. The first-order valence-electron chi connectivity index (χ1n) is 9.31. The van der Waals surface area contributed by atoms with E-state index in [-0.39, 0.29) is 5.92 Å². The Balaban J connectivity index is 1.61. The molecule has 0 bridgehead atoms. The Morgan fingerprint density at radius 2 is 1.97 bits per heavy atom. The molecule has 0 aliphatic carbocycles. The molecule has 1 aromatic carbocycles. The predicted molar refractivity (Wildman–Crippen MR) is 111 cm³/mol. The summed E-state index contributed by atoms with van der Waals surface area (Å²) in [7, 11) is 1.90. The van der Waals surface area contributed by atoms with E-state index in [1.807, 2.05) is 50.6 Å². The lowest BCUT2D eigenvalue weighted by Crippen LogP contribution is -2.14. The van der Waals surface area contributed by atoms with Crippen molar-refractivity contribution in [3.63, 3.8) is 0 Å². The lowest BCUT2D eigenvalue weighted by Gasteiger charge is -2.24. The second kappa shape index (κ2) is 6.23. The molecule has 148 valence electrons. The van der Waals surface area contributed by atoms with Gasteiger partial charge in [-0.25, -0.2) is 14.5 Å². The maximum absolute atomic E-state index is 6.03. The standard InChI is InChI=1S/C20H15BrN8O/c1-10-14-15(12-7-23-28(2)8-12)16-18-24-17(11-3-5-13(21)6-4-11)27-29(18)9-22-19(16)30-20(14)26-25-10/h3-9,15H,1-2H3,(H,25,26)/t15-/m0/s1. The average Bonchev–Trinajstić information content (AvgIpc) is 3.45. The van der Waals surface area contributed by atoms with Crippen molar-refractivity contribution in [2.24, 2.45) is 7.05 Å². The molecule has 30 heavy (non-hydrogen) atoms. The van der Waals surface area contributed by atoms with E-state index >= 15 is 0 Å². The van der Waals surface area contributed by atoms with E-state index in [1.165, 1.54) is 0 Å². The van der Waals surface area contributed by atoms with Gasteiger partial charge in [0.15, 0.2) is 11.5 Å². The number of rotatable bonds is 2. The molecule has 6 rings (SSSR count). The van der Waals surface area contributed by atoms with Crippen LogP contribution in [0.5, 0.6) is 11.8 Å². The molecule has 0 amide bonds. The van der Waals surface area contributed by atoms with Crippen molar-refractivity contribution in [1.82, 2.24) is 39.6 Å². The number of aromatic amines is 1. The van der Waals surface area contributed by atoms with Crippen molar-refractivity contribution in [3.05, 3.63) is 69.8 Å². The summed E-state index contributed by atoms with van der Waals surface area (Å²) in [6, 6.07) is 7.90. The number of hydrogen-bond acceptors (Lipinski definition) is 6. The van der Waals surface area contributed by atoms with Crippen molar-refractivity contribution in [3.8, 4) is 23.1 Å². The Hall–Kier alpha value is -3.53. The van der Waals surface area contributed by atoms with Gasteiger partial charge in [0.2, 0.25) is 11.8 Å². The Labute approximate surface area is 178 Å². The lowest BCUT2D eigenvalue weighted by molar-refractivity contribution is 0.416. The fourth-order valence-corrected chi connectivity index (χ4v) is 4.17. The molecule has 9 nitrogen and oxygen atoms in total. The highest BCUT2D eigenvalue weighted by Crippen LogP contribution is 2.48. The van der Waals surface area contributed by atoms with Gasteiger partial charge >= 0.3 is 0 Å². The van der Waals surface area contributed by atoms with E-state index < -0.39 is 0 Å². The van der Waals surface area contributed by atoms with Gasteiger partial charge in [-0.3, -0.25) is 9.78 Å². The average molecular weight is 463 g/mol. The van der Waals surface area contributed by atoms with Gasteiger partial charge in [-0.15, -0.1) is 10.2 Å². The van der Waals surface area contributed by atoms with Crippen molar-refractivity contribution in [1.29, 1.82) is 0 Å². The molecule has 0 saturated heterocycles. The number of fused-ring (bicyclic) bond motifs is 4. The third-order valence-corrected chi connectivity index (χ3v) is 5.81. The number of nitrogens with zero attached hydrogens (tertiary/aromatic N) is 7. The summed E-state index contributed by atoms with van der Waals surface area (Å²) in [5, 5.41) is 16.4. The monoisotopic (exact) mass is 462 g/mol. The van der Waals surface area contributed by atoms with E-state index in [4.69, 9.17) is 9.72 Å². The SMILES string of the molecule is Cc1[nH]nc2c1[C@H](c1cnn(C)c1)c1c(ncn3nc(-c4ccc(Br)cc4)nc13)O2. The maximum atomic E-state index is 6.03. The van der Waals surface area contributed by atoms with Gasteiger partial charge in [-0.05, 0) is 19.1 Å². The number of ether oxygens (including phenoxy) is 1. The lowest BCUT2D eigenvalue weighted by atomic mass is 9.86. The first-order valence-corrected chi connectivity index (χ1v) is 10.1. The normalized spacial score (nSPS) is 15.1. The van der Waals surface area contributed by atoms with Crippen LogP contribution in [0.25, 0.3) is 17.0 Å². The van der Waals surface area contributed by atoms with Gasteiger partial charge in [-0.2, -0.15) is 5.10 Å². The number of aromatic nitrogens is 8. The molecule has 0 fully saturated rings. The van der Waals surface area contributed by atoms with Crippen LogP contribution in [0.3, 0.4) is 0 Å². The van der Waals surface area contributed by atoms with E-state index in [9.17, 15) is 0 Å². The van der Waals surface area contributed by atoms with Gasteiger partial charge in [0, 0.05) is 40.1 Å². The van der Waals surface area contributed by atoms with Crippen molar-refractivity contribution in [2.75, 3.05) is 0 Å². The van der Waals surface area contributed by atoms with Crippen LogP contribution in [0, 0.1) is 6.92 Å². The molecule has 0 radical (unpaired) electrons. The summed E-state index contributed by atoms with van der Waals surface area (Å²) in [4.78, 5) is 9.36. The second-order valence-corrected chi connectivity index (χ2v) is 8.14. The zero-order valence-electron chi connectivity index (χ0n) is 16.0. The number of H-pyrrole nitrogens is 1. The maximum Gasteiger partial charge on any atom is 0.244 e. The largest absolute Gasteiger partial charge is 0.418 e. The quantitative estimate of drug-likeness (QED) is 0.421. The third-order valence-electron chi connectivity index (χ3n) is 5.28. The molecule has 5 aromatic rings. The van der Waals surface area contributed by atoms with Gasteiger partial charge in [0.1, 0.15) is 6.33 Å². The molecule has 1 atom stereocenters. The van der Waals surface area contributed by atoms with Crippen LogP contribution in [-0.2, 0) is 7.05 Å². The molecule has 0 saturated carbocycles. The summed E-state index contributed by atoms with van der Waals surface area (Å²) in [6.45, 7) is 1.98. The summed E-state index contributed by atoms with van der Waals surface area (Å²) in [5.41, 5.74) is 5.36. The minimum atomic E-state index is -0.172. The molecule has 0 unspecified atom stereocenters. The highest BCUT2D eigenvalue weighted by atomic mass is 79.9. The Bertz CT molecular complexity index is 1410. The van der Waals surface area contributed by atoms with Gasteiger partial charge in [-0.1, -0.05) is 28.1 Å². The summed E-state index contributed by atoms with van der Waals surface area (Å²) >= 11 is 3.47. The molecule has 5 heterocycles. The van der Waals surface area contributed by atoms with Crippen molar-refractivity contribution in [2.45, 2.75) is 12.8 Å². The molecule has 4 aromatic heterocycles. The highest BCUT2D eigenvalue weighted by molar-refractivity contribution is 9.10. The van der Waals surface area contributed by atoms with Gasteiger partial charge in [0.05, 0.1) is 17.7 Å². The fraction of sp³-hybridized carbons (Fsp3) is 0.150. The zero-order chi connectivity index (χ0) is 20.4. The highest BCUT2D eigenvalue weighted by Gasteiger charge is 2.37. The number of halogens is 1. The third kappa shape index (κ3) is 2.50. The Morgan fingerprint density at radius 3 is 2.73 bits per heavy atom. The Kier molecular flexibility index (Phi) is 3.60. The number of hydrogen-bond donors (Lipinski definition) is 1. The van der Waals surface area contributed by atoms with Gasteiger partial charge < -0.3 is 4.74 Å². The summed E-state index contributed by atoms with van der Waals surface area (Å²) < 4.78 is 10.5. The smallest absolute Gasteiger partial charge is 0.244 e. The second-order valence-electron chi connectivity index (χ2n) is 7.22. The van der Waals surface area contributed by atoms with E-state index in [0.29, 0.717) is 23.2 Å². The first-order chi connectivity index (χ1) is 14.6. The zero-order valence-corrected chi connectivity index (χ0v) is 17.6. The molecule has 1 aliphatic rings.